The summed E-state index contributed by atoms with van der Waals surface area (Å²) in [4.78, 5) is 39.2. The number of nitrogens with zero attached hydrogens (tertiary/aromatic N) is 1. The van der Waals surface area contributed by atoms with Crippen LogP contribution in [0.25, 0.3) is 6.08 Å². The number of amides is 4. The Labute approximate surface area is 198 Å². The summed E-state index contributed by atoms with van der Waals surface area (Å²) in [6.07, 6.45) is 2.05. The maximum absolute atomic E-state index is 13.2. The van der Waals surface area contributed by atoms with Crippen LogP contribution in [0.4, 0.5) is 10.5 Å². The van der Waals surface area contributed by atoms with Crippen molar-refractivity contribution in [1.29, 1.82) is 0 Å². The molecule has 1 fully saturated rings. The van der Waals surface area contributed by atoms with E-state index in [0.29, 0.717) is 22.7 Å². The SMILES string of the molecule is Cc1cccc(N2C(=O)NC(=O)/C(=C\c3cc(Cl)ccc3Cc3ccccc3Br)C2=O)c1. The van der Waals surface area contributed by atoms with Gasteiger partial charge in [-0.15, -0.1) is 0 Å². The van der Waals surface area contributed by atoms with Crippen molar-refractivity contribution in [3.63, 3.8) is 0 Å². The standard InChI is InChI=1S/C25H18BrClN2O3/c1-15-5-4-7-20(11-15)29-24(31)21(23(30)28-25(29)32)14-18-13-19(27)10-9-16(18)12-17-6-2-3-8-22(17)26/h2-11,13-14H,12H2,1H3,(H,28,30,32)/b21-14+. The third-order valence-electron chi connectivity index (χ3n) is 5.11. The van der Waals surface area contributed by atoms with E-state index in [0.717, 1.165) is 26.1 Å². The van der Waals surface area contributed by atoms with Crippen LogP contribution < -0.4 is 10.2 Å². The van der Waals surface area contributed by atoms with E-state index in [9.17, 15) is 14.4 Å². The summed E-state index contributed by atoms with van der Waals surface area (Å²) in [5.74, 6) is -1.42. The molecule has 3 aromatic carbocycles. The van der Waals surface area contributed by atoms with E-state index in [1.165, 1.54) is 6.08 Å². The molecule has 0 atom stereocenters. The Balaban J connectivity index is 1.76. The molecule has 4 amide bonds. The fourth-order valence-corrected chi connectivity index (χ4v) is 4.13. The molecule has 0 aliphatic carbocycles. The van der Waals surface area contributed by atoms with Gasteiger partial charge in [-0.05, 0) is 72.0 Å². The molecule has 1 heterocycles. The number of imide groups is 2. The van der Waals surface area contributed by atoms with Gasteiger partial charge >= 0.3 is 6.03 Å². The Morgan fingerprint density at radius 2 is 1.75 bits per heavy atom. The van der Waals surface area contributed by atoms with E-state index in [2.05, 4.69) is 21.2 Å². The highest BCUT2D eigenvalue weighted by Gasteiger charge is 2.37. The number of hydrogen-bond donors (Lipinski definition) is 1. The first kappa shape index (κ1) is 22.0. The molecule has 1 N–H and O–H groups in total. The highest BCUT2D eigenvalue weighted by atomic mass is 79.9. The maximum atomic E-state index is 13.2. The van der Waals surface area contributed by atoms with Crippen LogP contribution in [-0.2, 0) is 16.0 Å². The number of carbonyl (C=O) groups excluding carboxylic acids is 3. The number of carbonyl (C=O) groups is 3. The second-order valence-corrected chi connectivity index (χ2v) is 8.70. The minimum Gasteiger partial charge on any atom is -0.273 e. The van der Waals surface area contributed by atoms with Crippen molar-refractivity contribution in [3.8, 4) is 0 Å². The Morgan fingerprint density at radius 3 is 2.50 bits per heavy atom. The van der Waals surface area contributed by atoms with Crippen molar-refractivity contribution >= 4 is 57.1 Å². The molecule has 5 nitrogen and oxygen atoms in total. The topological polar surface area (TPSA) is 66.5 Å². The number of barbiturate groups is 1. The zero-order chi connectivity index (χ0) is 22.8. The second-order valence-electron chi connectivity index (χ2n) is 7.41. The molecule has 0 unspecified atom stereocenters. The number of aryl methyl sites for hydroxylation is 1. The van der Waals surface area contributed by atoms with Crippen molar-refractivity contribution in [2.24, 2.45) is 0 Å². The van der Waals surface area contributed by atoms with Gasteiger partial charge < -0.3 is 0 Å². The van der Waals surface area contributed by atoms with Gasteiger partial charge in [-0.2, -0.15) is 0 Å². The number of hydrogen-bond acceptors (Lipinski definition) is 3. The lowest BCUT2D eigenvalue weighted by molar-refractivity contribution is -0.122. The van der Waals surface area contributed by atoms with E-state index in [-0.39, 0.29) is 5.57 Å². The monoisotopic (exact) mass is 508 g/mol. The normalized spacial score (nSPS) is 15.3. The van der Waals surface area contributed by atoms with Gasteiger partial charge in [0.1, 0.15) is 5.57 Å². The minimum atomic E-state index is -0.776. The number of nitrogens with one attached hydrogen (secondary N) is 1. The van der Waals surface area contributed by atoms with Crippen LogP contribution in [-0.4, -0.2) is 17.8 Å². The summed E-state index contributed by atoms with van der Waals surface area (Å²) < 4.78 is 0.955. The molecule has 7 heteroatoms. The Morgan fingerprint density at radius 1 is 0.969 bits per heavy atom. The molecule has 160 valence electrons. The summed E-state index contributed by atoms with van der Waals surface area (Å²) in [6, 6.07) is 19.3. The smallest absolute Gasteiger partial charge is 0.273 e. The molecule has 0 radical (unpaired) electrons. The number of halogens is 2. The number of anilines is 1. The van der Waals surface area contributed by atoms with Gasteiger partial charge in [0, 0.05) is 9.50 Å². The van der Waals surface area contributed by atoms with E-state index >= 15 is 0 Å². The minimum absolute atomic E-state index is 0.137. The van der Waals surface area contributed by atoms with Gasteiger partial charge in [0.15, 0.2) is 0 Å². The average molecular weight is 510 g/mol. The van der Waals surface area contributed by atoms with Crippen LogP contribution in [0.3, 0.4) is 0 Å². The van der Waals surface area contributed by atoms with Crippen LogP contribution in [0.5, 0.6) is 0 Å². The fraction of sp³-hybridized carbons (Fsp3) is 0.0800. The predicted octanol–water partition coefficient (Wildman–Crippen LogP) is 5.67. The molecule has 1 aliphatic rings. The molecule has 0 bridgehead atoms. The van der Waals surface area contributed by atoms with E-state index in [4.69, 9.17) is 11.6 Å². The van der Waals surface area contributed by atoms with Gasteiger partial charge in [-0.25, -0.2) is 9.69 Å². The highest BCUT2D eigenvalue weighted by molar-refractivity contribution is 9.10. The molecule has 4 rings (SSSR count). The van der Waals surface area contributed by atoms with Gasteiger partial charge in [0.05, 0.1) is 5.69 Å². The third kappa shape index (κ3) is 4.52. The number of rotatable bonds is 4. The van der Waals surface area contributed by atoms with Crippen LogP contribution in [0.2, 0.25) is 5.02 Å². The molecule has 0 aromatic heterocycles. The van der Waals surface area contributed by atoms with E-state index in [1.807, 2.05) is 43.3 Å². The summed E-state index contributed by atoms with van der Waals surface area (Å²) in [5, 5.41) is 2.73. The molecular weight excluding hydrogens is 492 g/mol. The third-order valence-corrected chi connectivity index (χ3v) is 6.12. The van der Waals surface area contributed by atoms with Crippen molar-refractivity contribution in [2.45, 2.75) is 13.3 Å². The quantitative estimate of drug-likeness (QED) is 0.364. The first-order chi connectivity index (χ1) is 15.3. The van der Waals surface area contributed by atoms with Crippen molar-refractivity contribution in [3.05, 3.63) is 104 Å². The van der Waals surface area contributed by atoms with Gasteiger partial charge in [0.2, 0.25) is 0 Å². The predicted molar refractivity (Wildman–Crippen MR) is 129 cm³/mol. The second kappa shape index (κ2) is 9.10. The summed E-state index contributed by atoms with van der Waals surface area (Å²) in [7, 11) is 0. The largest absolute Gasteiger partial charge is 0.335 e. The first-order valence-electron chi connectivity index (χ1n) is 9.83. The molecule has 0 saturated carbocycles. The Kier molecular flexibility index (Phi) is 6.26. The summed E-state index contributed by atoms with van der Waals surface area (Å²) in [6.45, 7) is 1.86. The lowest BCUT2D eigenvalue weighted by atomic mass is 9.97. The van der Waals surface area contributed by atoms with Crippen LogP contribution >= 0.6 is 27.5 Å². The van der Waals surface area contributed by atoms with E-state index < -0.39 is 17.8 Å². The maximum Gasteiger partial charge on any atom is 0.335 e. The Bertz CT molecular complexity index is 1290. The lowest BCUT2D eigenvalue weighted by Crippen LogP contribution is -2.54. The Hall–Kier alpha value is -3.22. The fourth-order valence-electron chi connectivity index (χ4n) is 3.52. The van der Waals surface area contributed by atoms with Crippen LogP contribution in [0.15, 0.2) is 76.8 Å². The molecule has 32 heavy (non-hydrogen) atoms. The van der Waals surface area contributed by atoms with Gasteiger partial charge in [0.25, 0.3) is 11.8 Å². The van der Waals surface area contributed by atoms with Gasteiger partial charge in [-0.1, -0.05) is 63.9 Å². The average Bonchev–Trinajstić information content (AvgIpc) is 2.74. The van der Waals surface area contributed by atoms with E-state index in [1.54, 1.807) is 30.3 Å². The van der Waals surface area contributed by atoms with Crippen molar-refractivity contribution in [2.75, 3.05) is 4.90 Å². The summed E-state index contributed by atoms with van der Waals surface area (Å²) >= 11 is 9.77. The van der Waals surface area contributed by atoms with Crippen LogP contribution in [0, 0.1) is 6.92 Å². The molecular formula is C25H18BrClN2O3. The van der Waals surface area contributed by atoms with Crippen molar-refractivity contribution < 1.29 is 14.4 Å². The molecule has 3 aromatic rings. The lowest BCUT2D eigenvalue weighted by Gasteiger charge is -2.26. The zero-order valence-electron chi connectivity index (χ0n) is 17.1. The number of benzene rings is 3. The molecule has 1 saturated heterocycles. The molecule has 0 spiro atoms. The van der Waals surface area contributed by atoms with Crippen LogP contribution in [0.1, 0.15) is 22.3 Å². The first-order valence-corrected chi connectivity index (χ1v) is 11.0. The van der Waals surface area contributed by atoms with Crippen molar-refractivity contribution in [1.82, 2.24) is 5.32 Å². The summed E-state index contributed by atoms with van der Waals surface area (Å²) in [5.41, 5.74) is 3.70. The zero-order valence-corrected chi connectivity index (χ0v) is 19.4. The molecule has 1 aliphatic heterocycles. The number of urea groups is 1. The van der Waals surface area contributed by atoms with Gasteiger partial charge in [-0.3, -0.25) is 14.9 Å². The highest BCUT2D eigenvalue weighted by Crippen LogP contribution is 2.27.